The van der Waals surface area contributed by atoms with Crippen molar-refractivity contribution in [2.24, 2.45) is 11.1 Å². The van der Waals surface area contributed by atoms with E-state index in [1.807, 2.05) is 0 Å². The van der Waals surface area contributed by atoms with Gasteiger partial charge in [-0.25, -0.2) is 0 Å². The molecule has 0 aromatic carbocycles. The zero-order valence-corrected chi connectivity index (χ0v) is 10.4. The van der Waals surface area contributed by atoms with E-state index >= 15 is 0 Å². The predicted octanol–water partition coefficient (Wildman–Crippen LogP) is 2.25. The lowest BCUT2D eigenvalue weighted by atomic mass is 9.92. The van der Waals surface area contributed by atoms with E-state index in [1.165, 1.54) is 0 Å². The van der Waals surface area contributed by atoms with Gasteiger partial charge in [0.2, 0.25) is 5.89 Å². The highest BCUT2D eigenvalue weighted by Crippen LogP contribution is 2.32. The molecule has 0 aliphatic heterocycles. The van der Waals surface area contributed by atoms with Crippen LogP contribution < -0.4 is 5.73 Å². The first-order valence-electron chi connectivity index (χ1n) is 6.02. The third-order valence-electron chi connectivity index (χ3n) is 2.99. The van der Waals surface area contributed by atoms with E-state index < -0.39 is 0 Å². The first-order valence-corrected chi connectivity index (χ1v) is 6.02. The average molecular weight is 223 g/mol. The number of aromatic nitrogens is 2. The van der Waals surface area contributed by atoms with Gasteiger partial charge >= 0.3 is 0 Å². The van der Waals surface area contributed by atoms with Crippen molar-refractivity contribution in [1.82, 2.24) is 10.1 Å². The molecule has 1 heterocycles. The van der Waals surface area contributed by atoms with Crippen molar-refractivity contribution >= 4 is 0 Å². The van der Waals surface area contributed by atoms with Gasteiger partial charge in [-0.3, -0.25) is 0 Å². The van der Waals surface area contributed by atoms with Crippen molar-refractivity contribution in [3.8, 4) is 0 Å². The van der Waals surface area contributed by atoms with Crippen LogP contribution in [0.25, 0.3) is 0 Å². The molecule has 1 aromatic heterocycles. The van der Waals surface area contributed by atoms with Crippen molar-refractivity contribution in [1.29, 1.82) is 0 Å². The highest BCUT2D eigenvalue weighted by Gasteiger charge is 2.28. The number of nitrogens with zero attached hydrogens (tertiary/aromatic N) is 2. The number of hydrogen-bond donors (Lipinski definition) is 1. The number of rotatable bonds is 2. The Morgan fingerprint density at radius 1 is 1.38 bits per heavy atom. The summed E-state index contributed by atoms with van der Waals surface area (Å²) in [6, 6.07) is 0.308. The van der Waals surface area contributed by atoms with Crippen molar-refractivity contribution < 1.29 is 4.52 Å². The number of hydrogen-bond acceptors (Lipinski definition) is 4. The lowest BCUT2D eigenvalue weighted by molar-refractivity contribution is 0.339. The molecular formula is C12H21N3O. The van der Waals surface area contributed by atoms with Crippen LogP contribution in [0.15, 0.2) is 4.52 Å². The Hall–Kier alpha value is -0.900. The second kappa shape index (κ2) is 4.17. The van der Waals surface area contributed by atoms with Crippen LogP contribution in [0.5, 0.6) is 0 Å². The van der Waals surface area contributed by atoms with Gasteiger partial charge in [0.05, 0.1) is 0 Å². The molecule has 2 unspecified atom stereocenters. The van der Waals surface area contributed by atoms with Crippen molar-refractivity contribution in [3.05, 3.63) is 11.7 Å². The van der Waals surface area contributed by atoms with Gasteiger partial charge in [0.25, 0.3) is 0 Å². The van der Waals surface area contributed by atoms with Crippen molar-refractivity contribution in [2.45, 2.75) is 58.4 Å². The molecule has 1 fully saturated rings. The summed E-state index contributed by atoms with van der Waals surface area (Å²) >= 11 is 0. The lowest BCUT2D eigenvalue weighted by Crippen LogP contribution is -2.14. The lowest BCUT2D eigenvalue weighted by Gasteiger charge is -2.14. The van der Waals surface area contributed by atoms with E-state index in [-0.39, 0.29) is 5.41 Å². The van der Waals surface area contributed by atoms with Gasteiger partial charge in [-0.1, -0.05) is 25.9 Å². The highest BCUT2D eigenvalue weighted by molar-refractivity contribution is 5.00. The maximum Gasteiger partial charge on any atom is 0.229 e. The minimum atomic E-state index is 0.202. The fraction of sp³-hybridized carbons (Fsp3) is 0.833. The molecule has 1 aliphatic carbocycles. The normalized spacial score (nSPS) is 26.2. The van der Waals surface area contributed by atoms with Crippen LogP contribution in [-0.2, 0) is 6.42 Å². The summed E-state index contributed by atoms with van der Waals surface area (Å²) in [7, 11) is 0. The molecule has 1 saturated carbocycles. The molecule has 2 atom stereocenters. The largest absolute Gasteiger partial charge is 0.339 e. The molecule has 0 spiro atoms. The molecule has 0 bridgehead atoms. The van der Waals surface area contributed by atoms with E-state index in [0.29, 0.717) is 12.0 Å². The third-order valence-corrected chi connectivity index (χ3v) is 2.99. The molecule has 1 aliphatic rings. The summed E-state index contributed by atoms with van der Waals surface area (Å²) in [6.07, 6.45) is 3.99. The molecule has 2 N–H and O–H groups in total. The average Bonchev–Trinajstić information content (AvgIpc) is 2.71. The summed E-state index contributed by atoms with van der Waals surface area (Å²) in [5, 5.41) is 4.04. The third kappa shape index (κ3) is 2.82. The quantitative estimate of drug-likeness (QED) is 0.835. The van der Waals surface area contributed by atoms with Gasteiger partial charge in [-0.15, -0.1) is 0 Å². The summed E-state index contributed by atoms with van der Waals surface area (Å²) in [5.74, 6) is 1.99. The molecule has 0 radical (unpaired) electrons. The number of nitrogens with two attached hydrogens (primary N) is 1. The summed E-state index contributed by atoms with van der Waals surface area (Å²) in [6.45, 7) is 6.53. The molecular weight excluding hydrogens is 202 g/mol. The Labute approximate surface area is 96.6 Å². The zero-order valence-electron chi connectivity index (χ0n) is 10.4. The maximum absolute atomic E-state index is 5.88. The first-order chi connectivity index (χ1) is 7.44. The minimum absolute atomic E-state index is 0.202. The van der Waals surface area contributed by atoms with Gasteiger partial charge in [0, 0.05) is 18.4 Å². The minimum Gasteiger partial charge on any atom is -0.339 e. The predicted molar refractivity (Wildman–Crippen MR) is 62.0 cm³/mol. The standard InChI is InChI=1S/C12H21N3O/c1-12(2,3)7-10-14-11(16-15-10)8-4-5-9(13)6-8/h8-9H,4-7,13H2,1-3H3. The van der Waals surface area contributed by atoms with Crippen molar-refractivity contribution in [2.75, 3.05) is 0 Å². The van der Waals surface area contributed by atoms with Crippen LogP contribution in [0.1, 0.15) is 57.7 Å². The summed E-state index contributed by atoms with van der Waals surface area (Å²) in [5.41, 5.74) is 6.08. The van der Waals surface area contributed by atoms with Gasteiger partial charge in [0.15, 0.2) is 5.82 Å². The Balaban J connectivity index is 2.02. The molecule has 90 valence electrons. The van der Waals surface area contributed by atoms with E-state index in [1.54, 1.807) is 0 Å². The molecule has 0 saturated heterocycles. The van der Waals surface area contributed by atoms with Crippen LogP contribution in [0.3, 0.4) is 0 Å². The monoisotopic (exact) mass is 223 g/mol. The smallest absolute Gasteiger partial charge is 0.229 e. The SMILES string of the molecule is CC(C)(C)Cc1noc(C2CCC(N)C2)n1. The van der Waals surface area contributed by atoms with Crippen LogP contribution >= 0.6 is 0 Å². The Morgan fingerprint density at radius 2 is 2.12 bits per heavy atom. The molecule has 1 aromatic rings. The van der Waals surface area contributed by atoms with E-state index in [0.717, 1.165) is 37.4 Å². The molecule has 4 nitrogen and oxygen atoms in total. The van der Waals surface area contributed by atoms with Crippen LogP contribution in [0.4, 0.5) is 0 Å². The second-order valence-electron chi connectivity index (χ2n) is 6.06. The Morgan fingerprint density at radius 3 is 2.69 bits per heavy atom. The topological polar surface area (TPSA) is 64.9 Å². The maximum atomic E-state index is 5.88. The van der Waals surface area contributed by atoms with Gasteiger partial charge in [-0.2, -0.15) is 4.98 Å². The fourth-order valence-corrected chi connectivity index (χ4v) is 2.22. The van der Waals surface area contributed by atoms with Crippen LogP contribution in [0.2, 0.25) is 0 Å². The molecule has 16 heavy (non-hydrogen) atoms. The van der Waals surface area contributed by atoms with Crippen LogP contribution in [0, 0.1) is 5.41 Å². The van der Waals surface area contributed by atoms with Gasteiger partial charge in [-0.05, 0) is 24.7 Å². The van der Waals surface area contributed by atoms with Gasteiger partial charge < -0.3 is 10.3 Å². The zero-order chi connectivity index (χ0) is 11.8. The molecule has 2 rings (SSSR count). The van der Waals surface area contributed by atoms with Gasteiger partial charge in [0.1, 0.15) is 0 Å². The molecule has 4 heteroatoms. The van der Waals surface area contributed by atoms with E-state index in [4.69, 9.17) is 10.3 Å². The Kier molecular flexibility index (Phi) is 3.02. The van der Waals surface area contributed by atoms with Crippen LogP contribution in [-0.4, -0.2) is 16.2 Å². The van der Waals surface area contributed by atoms with Crippen molar-refractivity contribution in [3.63, 3.8) is 0 Å². The van der Waals surface area contributed by atoms with E-state index in [9.17, 15) is 0 Å². The first kappa shape index (κ1) is 11.6. The summed E-state index contributed by atoms with van der Waals surface area (Å²) in [4.78, 5) is 4.48. The molecule has 0 amide bonds. The van der Waals surface area contributed by atoms with E-state index in [2.05, 4.69) is 30.9 Å². The summed E-state index contributed by atoms with van der Waals surface area (Å²) < 4.78 is 5.33. The Bertz CT molecular complexity index is 353. The highest BCUT2D eigenvalue weighted by atomic mass is 16.5. The fourth-order valence-electron chi connectivity index (χ4n) is 2.22. The second-order valence-corrected chi connectivity index (χ2v) is 6.06.